The first kappa shape index (κ1) is 11.6. The molecule has 0 heterocycles. The number of hydrogen-bond donors (Lipinski definition) is 0. The molecule has 2 aliphatic carbocycles. The van der Waals surface area contributed by atoms with Gasteiger partial charge in [0, 0.05) is 11.8 Å². The molecule has 2 atom stereocenters. The van der Waals surface area contributed by atoms with Crippen LogP contribution in [0.2, 0.25) is 0 Å². The summed E-state index contributed by atoms with van der Waals surface area (Å²) in [7, 11) is 0. The summed E-state index contributed by atoms with van der Waals surface area (Å²) in [5.41, 5.74) is 1.25. The summed E-state index contributed by atoms with van der Waals surface area (Å²) in [6.45, 7) is 10.9. The Balaban J connectivity index is 2.51. The van der Waals surface area contributed by atoms with Crippen molar-refractivity contribution in [3.63, 3.8) is 0 Å². The molecule has 2 unspecified atom stereocenters. The van der Waals surface area contributed by atoms with Crippen LogP contribution < -0.4 is 0 Å². The van der Waals surface area contributed by atoms with Gasteiger partial charge in [-0.3, -0.25) is 4.79 Å². The molecule has 88 valence electrons. The quantitative estimate of drug-likeness (QED) is 0.605. The van der Waals surface area contributed by atoms with Crippen LogP contribution in [0.15, 0.2) is 23.8 Å². The lowest BCUT2D eigenvalue weighted by atomic mass is 9.54. The third-order valence-corrected chi connectivity index (χ3v) is 4.43. The van der Waals surface area contributed by atoms with Gasteiger partial charge >= 0.3 is 0 Å². The van der Waals surface area contributed by atoms with Crippen LogP contribution in [0.25, 0.3) is 0 Å². The van der Waals surface area contributed by atoms with Gasteiger partial charge in [-0.2, -0.15) is 0 Å². The lowest BCUT2D eigenvalue weighted by Gasteiger charge is -2.49. The predicted octanol–water partition coefficient (Wildman–Crippen LogP) is 3.76. The molecule has 0 radical (unpaired) electrons. The third kappa shape index (κ3) is 1.49. The standard InChI is InChI=1S/C15H22O/c1-10-9-12(16)15(4,5)11-7-6-8-14(2,3)13(10)11/h6-8,10,13H,9H2,1-5H3. The molecule has 0 aromatic rings. The van der Waals surface area contributed by atoms with E-state index in [1.807, 2.05) is 0 Å². The van der Waals surface area contributed by atoms with Gasteiger partial charge in [0.25, 0.3) is 0 Å². The summed E-state index contributed by atoms with van der Waals surface area (Å²) in [6.07, 6.45) is 7.30. The molecule has 1 fully saturated rings. The Labute approximate surface area is 98.6 Å². The number of carbonyl (C=O) groups excluding carboxylic acids is 1. The molecule has 2 rings (SSSR count). The SMILES string of the molecule is CC1CC(=O)C(C)(C)C2=CC=CC(C)(C)C21. The van der Waals surface area contributed by atoms with Crippen LogP contribution >= 0.6 is 0 Å². The van der Waals surface area contributed by atoms with Crippen LogP contribution in [0.1, 0.15) is 41.0 Å². The molecule has 1 heteroatoms. The molecule has 16 heavy (non-hydrogen) atoms. The fourth-order valence-corrected chi connectivity index (χ4v) is 3.47. The van der Waals surface area contributed by atoms with Crippen LogP contribution in [0.4, 0.5) is 0 Å². The van der Waals surface area contributed by atoms with Gasteiger partial charge in [0.15, 0.2) is 0 Å². The fraction of sp³-hybridized carbons (Fsp3) is 0.667. The van der Waals surface area contributed by atoms with E-state index in [0.717, 1.165) is 6.42 Å². The maximum Gasteiger partial charge on any atom is 0.142 e. The minimum atomic E-state index is -0.265. The Bertz CT molecular complexity index is 382. The zero-order chi connectivity index (χ0) is 12.1. The second-order valence-electron chi connectivity index (χ2n) is 6.51. The molecule has 0 saturated heterocycles. The maximum absolute atomic E-state index is 12.1. The van der Waals surface area contributed by atoms with Crippen molar-refractivity contribution < 1.29 is 4.79 Å². The monoisotopic (exact) mass is 218 g/mol. The van der Waals surface area contributed by atoms with Crippen molar-refractivity contribution in [2.75, 3.05) is 0 Å². The fourth-order valence-electron chi connectivity index (χ4n) is 3.47. The maximum atomic E-state index is 12.1. The van der Waals surface area contributed by atoms with E-state index in [0.29, 0.717) is 17.6 Å². The summed E-state index contributed by atoms with van der Waals surface area (Å²) < 4.78 is 0. The predicted molar refractivity (Wildman–Crippen MR) is 67.1 cm³/mol. The first-order chi connectivity index (χ1) is 7.27. The smallest absolute Gasteiger partial charge is 0.142 e. The van der Waals surface area contributed by atoms with Gasteiger partial charge in [0.1, 0.15) is 5.78 Å². The Morgan fingerprint density at radius 1 is 1.25 bits per heavy atom. The highest BCUT2D eigenvalue weighted by Gasteiger charge is 2.48. The van der Waals surface area contributed by atoms with Gasteiger partial charge < -0.3 is 0 Å². The summed E-state index contributed by atoms with van der Waals surface area (Å²) in [4.78, 5) is 12.1. The number of allylic oxidation sites excluding steroid dienone is 4. The van der Waals surface area contributed by atoms with Crippen LogP contribution in [0.5, 0.6) is 0 Å². The average Bonchev–Trinajstić information content (AvgIpc) is 2.13. The highest BCUT2D eigenvalue weighted by molar-refractivity contribution is 5.89. The topological polar surface area (TPSA) is 17.1 Å². The number of Topliss-reactive ketones (excluding diaryl/α,β-unsaturated/α-hetero) is 1. The summed E-state index contributed by atoms with van der Waals surface area (Å²) in [5, 5.41) is 0. The molecular formula is C15H22O. The van der Waals surface area contributed by atoms with E-state index >= 15 is 0 Å². The Morgan fingerprint density at radius 2 is 1.88 bits per heavy atom. The highest BCUT2D eigenvalue weighted by atomic mass is 16.1. The number of hydrogen-bond acceptors (Lipinski definition) is 1. The van der Waals surface area contributed by atoms with Crippen molar-refractivity contribution in [1.29, 1.82) is 0 Å². The lowest BCUT2D eigenvalue weighted by Crippen LogP contribution is -2.45. The first-order valence-electron chi connectivity index (χ1n) is 6.20. The van der Waals surface area contributed by atoms with Gasteiger partial charge in [-0.1, -0.05) is 44.6 Å². The van der Waals surface area contributed by atoms with Crippen molar-refractivity contribution in [3.8, 4) is 0 Å². The molecular weight excluding hydrogens is 196 g/mol. The van der Waals surface area contributed by atoms with E-state index in [1.165, 1.54) is 5.57 Å². The molecule has 2 aliphatic rings. The minimum absolute atomic E-state index is 0.182. The average molecular weight is 218 g/mol. The molecule has 0 amide bonds. The highest BCUT2D eigenvalue weighted by Crippen LogP contribution is 2.53. The van der Waals surface area contributed by atoms with Crippen LogP contribution in [-0.4, -0.2) is 5.78 Å². The Hall–Kier alpha value is -0.850. The second kappa shape index (κ2) is 3.32. The van der Waals surface area contributed by atoms with E-state index in [-0.39, 0.29) is 10.8 Å². The lowest BCUT2D eigenvalue weighted by molar-refractivity contribution is -0.129. The van der Waals surface area contributed by atoms with Crippen LogP contribution in [0.3, 0.4) is 0 Å². The van der Waals surface area contributed by atoms with Gasteiger partial charge in [-0.15, -0.1) is 0 Å². The Kier molecular flexibility index (Phi) is 2.41. The van der Waals surface area contributed by atoms with E-state index in [4.69, 9.17) is 0 Å². The third-order valence-electron chi connectivity index (χ3n) is 4.43. The Morgan fingerprint density at radius 3 is 2.50 bits per heavy atom. The van der Waals surface area contributed by atoms with Crippen molar-refractivity contribution in [2.24, 2.45) is 22.7 Å². The molecule has 1 saturated carbocycles. The molecule has 1 nitrogen and oxygen atoms in total. The normalized spacial score (nSPS) is 35.6. The van der Waals surface area contributed by atoms with Gasteiger partial charge in [-0.05, 0) is 31.1 Å². The van der Waals surface area contributed by atoms with Crippen molar-refractivity contribution in [3.05, 3.63) is 23.8 Å². The number of fused-ring (bicyclic) bond motifs is 1. The molecule has 0 aliphatic heterocycles. The second-order valence-corrected chi connectivity index (χ2v) is 6.51. The molecule has 0 aromatic heterocycles. The molecule has 0 bridgehead atoms. The zero-order valence-corrected chi connectivity index (χ0v) is 11.0. The summed E-state index contributed by atoms with van der Waals surface area (Å²) >= 11 is 0. The number of ketones is 1. The van der Waals surface area contributed by atoms with Gasteiger partial charge in [0.2, 0.25) is 0 Å². The summed E-state index contributed by atoms with van der Waals surface area (Å²) in [6, 6.07) is 0. The molecule has 0 spiro atoms. The van der Waals surface area contributed by atoms with E-state index in [1.54, 1.807) is 0 Å². The van der Waals surface area contributed by atoms with Crippen LogP contribution in [0, 0.1) is 22.7 Å². The minimum Gasteiger partial charge on any atom is -0.299 e. The van der Waals surface area contributed by atoms with Crippen LogP contribution in [-0.2, 0) is 4.79 Å². The summed E-state index contributed by atoms with van der Waals surface area (Å²) in [5.74, 6) is 1.38. The van der Waals surface area contributed by atoms with E-state index in [9.17, 15) is 4.79 Å². The van der Waals surface area contributed by atoms with E-state index < -0.39 is 0 Å². The van der Waals surface area contributed by atoms with Crippen molar-refractivity contribution >= 4 is 5.78 Å². The molecule has 0 aromatic carbocycles. The van der Waals surface area contributed by atoms with E-state index in [2.05, 4.69) is 52.8 Å². The molecule has 0 N–H and O–H groups in total. The largest absolute Gasteiger partial charge is 0.299 e. The first-order valence-corrected chi connectivity index (χ1v) is 6.20. The van der Waals surface area contributed by atoms with Crippen molar-refractivity contribution in [2.45, 2.75) is 41.0 Å². The van der Waals surface area contributed by atoms with Crippen molar-refractivity contribution in [1.82, 2.24) is 0 Å². The number of rotatable bonds is 0. The van der Waals surface area contributed by atoms with Gasteiger partial charge in [0.05, 0.1) is 0 Å². The zero-order valence-electron chi connectivity index (χ0n) is 11.0. The van der Waals surface area contributed by atoms with Gasteiger partial charge in [-0.25, -0.2) is 0 Å². The number of carbonyl (C=O) groups is 1.